The number of aliphatic hydroxyl groups is 1. The Morgan fingerprint density at radius 2 is 1.70 bits per heavy atom. The first-order valence-electron chi connectivity index (χ1n) is 8.32. The highest BCUT2D eigenvalue weighted by Gasteiger charge is 2.15. The van der Waals surface area contributed by atoms with E-state index < -0.39 is 18.2 Å². The molecule has 136 valence electrons. The smallest absolute Gasteiger partial charge is 0.139 e. The lowest BCUT2D eigenvalue weighted by Gasteiger charge is -2.08. The zero-order valence-electron chi connectivity index (χ0n) is 14.5. The van der Waals surface area contributed by atoms with Crippen LogP contribution in [-0.2, 0) is 6.61 Å². The summed E-state index contributed by atoms with van der Waals surface area (Å²) in [7, 11) is 0. The first-order valence-corrected chi connectivity index (χ1v) is 9.54. The Morgan fingerprint density at radius 1 is 0.963 bits per heavy atom. The Bertz CT molecular complexity index is 1120. The summed E-state index contributed by atoms with van der Waals surface area (Å²) in [5.74, 6) is -1.50. The number of imidazole rings is 1. The lowest BCUT2D eigenvalue weighted by atomic mass is 10.0. The van der Waals surface area contributed by atoms with Crippen molar-refractivity contribution < 1.29 is 13.9 Å². The SMILES string of the molecule is CSc1ccc(-c2cn3cc(-c4ccc(F)c(CO)c4F)ccc3n2)cc1. The molecule has 4 rings (SSSR count). The van der Waals surface area contributed by atoms with Gasteiger partial charge in [-0.25, -0.2) is 13.8 Å². The molecule has 0 saturated heterocycles. The van der Waals surface area contributed by atoms with Gasteiger partial charge in [0.05, 0.1) is 12.3 Å². The fourth-order valence-corrected chi connectivity index (χ4v) is 3.43. The number of nitrogens with zero attached hydrogens (tertiary/aromatic N) is 2. The maximum atomic E-state index is 14.5. The highest BCUT2D eigenvalue weighted by molar-refractivity contribution is 7.98. The van der Waals surface area contributed by atoms with Gasteiger partial charge in [-0.3, -0.25) is 0 Å². The summed E-state index contributed by atoms with van der Waals surface area (Å²) >= 11 is 1.68. The van der Waals surface area contributed by atoms with Gasteiger partial charge >= 0.3 is 0 Å². The fourth-order valence-electron chi connectivity index (χ4n) is 3.02. The number of hydrogen-bond acceptors (Lipinski definition) is 3. The molecule has 4 aromatic rings. The van der Waals surface area contributed by atoms with Crippen molar-refractivity contribution in [3.8, 4) is 22.4 Å². The predicted octanol–water partition coefficient (Wildman–Crippen LogP) is 5.16. The van der Waals surface area contributed by atoms with Crippen LogP contribution in [0.5, 0.6) is 0 Å². The Morgan fingerprint density at radius 3 is 2.41 bits per heavy atom. The van der Waals surface area contributed by atoms with E-state index in [1.165, 1.54) is 17.0 Å². The topological polar surface area (TPSA) is 37.5 Å². The van der Waals surface area contributed by atoms with E-state index in [0.717, 1.165) is 16.9 Å². The van der Waals surface area contributed by atoms with Crippen molar-refractivity contribution >= 4 is 17.4 Å². The summed E-state index contributed by atoms with van der Waals surface area (Å²) in [5.41, 5.74) is 3.03. The Kier molecular flexibility index (Phi) is 4.68. The third-order valence-corrected chi connectivity index (χ3v) is 5.24. The molecule has 0 aliphatic heterocycles. The minimum absolute atomic E-state index is 0.238. The zero-order valence-corrected chi connectivity index (χ0v) is 15.3. The van der Waals surface area contributed by atoms with Crippen molar-refractivity contribution in [1.29, 1.82) is 0 Å². The van der Waals surface area contributed by atoms with Gasteiger partial charge in [0.2, 0.25) is 0 Å². The van der Waals surface area contributed by atoms with Gasteiger partial charge in [-0.05, 0) is 42.7 Å². The fraction of sp³-hybridized carbons (Fsp3) is 0.0952. The molecule has 3 nitrogen and oxygen atoms in total. The first kappa shape index (κ1) is 17.7. The van der Waals surface area contributed by atoms with E-state index in [2.05, 4.69) is 4.98 Å². The van der Waals surface area contributed by atoms with E-state index in [-0.39, 0.29) is 11.1 Å². The van der Waals surface area contributed by atoms with Crippen molar-refractivity contribution in [3.05, 3.63) is 78.1 Å². The largest absolute Gasteiger partial charge is 0.391 e. The minimum atomic E-state index is -0.751. The number of aromatic nitrogens is 2. The third-order valence-electron chi connectivity index (χ3n) is 4.49. The molecule has 2 aromatic heterocycles. The maximum Gasteiger partial charge on any atom is 0.139 e. The second-order valence-corrected chi connectivity index (χ2v) is 6.96. The molecule has 2 heterocycles. The summed E-state index contributed by atoms with van der Waals surface area (Å²) < 4.78 is 30.0. The van der Waals surface area contributed by atoms with Gasteiger partial charge in [-0.2, -0.15) is 0 Å². The summed E-state index contributed by atoms with van der Waals surface area (Å²) in [6.07, 6.45) is 5.65. The number of aliphatic hydroxyl groups excluding tert-OH is 1. The average molecular weight is 382 g/mol. The van der Waals surface area contributed by atoms with Crippen LogP contribution in [-0.4, -0.2) is 20.7 Å². The number of benzene rings is 2. The quantitative estimate of drug-likeness (QED) is 0.496. The van der Waals surface area contributed by atoms with E-state index in [9.17, 15) is 13.9 Å². The number of hydrogen-bond donors (Lipinski definition) is 1. The van der Waals surface area contributed by atoms with Crippen molar-refractivity contribution in [2.45, 2.75) is 11.5 Å². The number of thioether (sulfide) groups is 1. The minimum Gasteiger partial charge on any atom is -0.391 e. The van der Waals surface area contributed by atoms with Gasteiger partial charge < -0.3 is 9.51 Å². The van der Waals surface area contributed by atoms with Crippen LogP contribution in [0.3, 0.4) is 0 Å². The lowest BCUT2D eigenvalue weighted by Crippen LogP contribution is -1.98. The number of pyridine rings is 1. The van der Waals surface area contributed by atoms with Gasteiger partial charge in [0, 0.05) is 39.5 Å². The predicted molar refractivity (Wildman–Crippen MR) is 104 cm³/mol. The first-order chi connectivity index (χ1) is 13.1. The molecule has 0 unspecified atom stereocenters. The highest BCUT2D eigenvalue weighted by Crippen LogP contribution is 2.28. The molecular weight excluding hydrogens is 366 g/mol. The molecule has 0 fully saturated rings. The summed E-state index contributed by atoms with van der Waals surface area (Å²) in [6, 6.07) is 14.2. The van der Waals surface area contributed by atoms with Gasteiger partial charge in [-0.15, -0.1) is 11.8 Å². The maximum absolute atomic E-state index is 14.5. The molecule has 0 spiro atoms. The second-order valence-electron chi connectivity index (χ2n) is 6.08. The third kappa shape index (κ3) is 3.22. The zero-order chi connectivity index (χ0) is 19.0. The van der Waals surface area contributed by atoms with Crippen molar-refractivity contribution in [1.82, 2.24) is 9.38 Å². The number of halogens is 2. The molecule has 0 bridgehead atoms. The summed E-state index contributed by atoms with van der Waals surface area (Å²) in [6.45, 7) is -0.686. The van der Waals surface area contributed by atoms with E-state index in [1.807, 2.05) is 41.1 Å². The van der Waals surface area contributed by atoms with Crippen LogP contribution in [0.4, 0.5) is 8.78 Å². The molecule has 0 aliphatic carbocycles. The monoisotopic (exact) mass is 382 g/mol. The Labute approximate surface area is 159 Å². The van der Waals surface area contributed by atoms with Gasteiger partial charge in [0.1, 0.15) is 17.3 Å². The molecule has 0 aliphatic rings. The normalized spacial score (nSPS) is 11.3. The standard InChI is InChI=1S/C21H16F2N2OS/c1-27-15-5-2-13(3-6-15)19-11-25-10-14(4-9-20(25)24-19)16-7-8-18(22)17(12-26)21(16)23/h2-11,26H,12H2,1H3. The van der Waals surface area contributed by atoms with Crippen molar-refractivity contribution in [2.24, 2.45) is 0 Å². The Hall–Kier alpha value is -2.70. The molecule has 1 N–H and O–H groups in total. The molecule has 2 aromatic carbocycles. The highest BCUT2D eigenvalue weighted by atomic mass is 32.2. The van der Waals surface area contributed by atoms with E-state index >= 15 is 0 Å². The van der Waals surface area contributed by atoms with Crippen LogP contribution in [0.1, 0.15) is 5.56 Å². The van der Waals surface area contributed by atoms with Crippen molar-refractivity contribution in [2.75, 3.05) is 6.26 Å². The summed E-state index contributed by atoms with van der Waals surface area (Å²) in [5, 5.41) is 9.21. The van der Waals surface area contributed by atoms with Crippen LogP contribution in [0.25, 0.3) is 28.0 Å². The number of fused-ring (bicyclic) bond motifs is 1. The molecule has 27 heavy (non-hydrogen) atoms. The van der Waals surface area contributed by atoms with Crippen LogP contribution >= 0.6 is 11.8 Å². The summed E-state index contributed by atoms with van der Waals surface area (Å²) in [4.78, 5) is 5.78. The Balaban J connectivity index is 1.77. The molecule has 0 amide bonds. The van der Waals surface area contributed by atoms with Gasteiger partial charge in [0.15, 0.2) is 0 Å². The van der Waals surface area contributed by atoms with E-state index in [0.29, 0.717) is 5.56 Å². The van der Waals surface area contributed by atoms with Crippen LogP contribution in [0, 0.1) is 11.6 Å². The number of rotatable bonds is 4. The average Bonchev–Trinajstić information content (AvgIpc) is 3.12. The van der Waals surface area contributed by atoms with Gasteiger partial charge in [0.25, 0.3) is 0 Å². The van der Waals surface area contributed by atoms with E-state index in [1.54, 1.807) is 30.1 Å². The second kappa shape index (κ2) is 7.13. The molecule has 0 saturated carbocycles. The molecular formula is C21H16F2N2OS. The van der Waals surface area contributed by atoms with Crippen LogP contribution in [0.2, 0.25) is 0 Å². The molecule has 0 radical (unpaired) electrons. The van der Waals surface area contributed by atoms with E-state index in [4.69, 9.17) is 0 Å². The van der Waals surface area contributed by atoms with Crippen LogP contribution < -0.4 is 0 Å². The lowest BCUT2D eigenvalue weighted by molar-refractivity contribution is 0.269. The molecule has 0 atom stereocenters. The van der Waals surface area contributed by atoms with Crippen molar-refractivity contribution in [3.63, 3.8) is 0 Å². The van der Waals surface area contributed by atoms with Crippen LogP contribution in [0.15, 0.2) is 65.8 Å². The molecule has 6 heteroatoms. The van der Waals surface area contributed by atoms with Gasteiger partial charge in [-0.1, -0.05) is 12.1 Å².